The zero-order chi connectivity index (χ0) is 23.2. The minimum atomic E-state index is -1.66. The number of carboxylic acids is 1. The van der Waals surface area contributed by atoms with Crippen molar-refractivity contribution < 1.29 is 24.6 Å². The number of hydrogen-bond donors (Lipinski definition) is 3. The lowest BCUT2D eigenvalue weighted by molar-refractivity contribution is -0.148. The number of phenols is 1. The monoisotopic (exact) mass is 538 g/mol. The summed E-state index contributed by atoms with van der Waals surface area (Å²) in [6.45, 7) is 0. The number of nitrogens with zero attached hydrogens (tertiary/aromatic N) is 1. The Morgan fingerprint density at radius 2 is 2.00 bits per heavy atom. The first-order chi connectivity index (χ1) is 15.2. The highest BCUT2D eigenvalue weighted by molar-refractivity contribution is 9.10. The number of carbonyl (C=O) groups is 3. The van der Waals surface area contributed by atoms with Gasteiger partial charge in [-0.2, -0.15) is 11.8 Å². The van der Waals surface area contributed by atoms with Crippen LogP contribution in [0.5, 0.6) is 5.75 Å². The minimum absolute atomic E-state index is 0.0861. The molecule has 2 fully saturated rings. The van der Waals surface area contributed by atoms with E-state index in [1.807, 2.05) is 6.26 Å². The number of hydrogen-bond acceptors (Lipinski definition) is 6. The molecule has 0 radical (unpaired) electrons. The van der Waals surface area contributed by atoms with E-state index >= 15 is 0 Å². The molecule has 2 aliphatic heterocycles. The van der Waals surface area contributed by atoms with Crippen molar-refractivity contribution in [1.29, 1.82) is 0 Å². The highest BCUT2D eigenvalue weighted by atomic mass is 79.9. The molecule has 32 heavy (non-hydrogen) atoms. The third-order valence-corrected chi connectivity index (χ3v) is 7.47. The molecule has 4 rings (SSSR count). The largest absolute Gasteiger partial charge is 0.508 e. The van der Waals surface area contributed by atoms with E-state index in [0.717, 1.165) is 4.90 Å². The second-order valence-electron chi connectivity index (χ2n) is 7.84. The Bertz CT molecular complexity index is 1120. The second kappa shape index (κ2) is 8.70. The van der Waals surface area contributed by atoms with Crippen LogP contribution >= 0.6 is 39.3 Å². The van der Waals surface area contributed by atoms with E-state index in [4.69, 9.17) is 11.6 Å². The quantitative estimate of drug-likeness (QED) is 0.479. The lowest BCUT2D eigenvalue weighted by atomic mass is 9.78. The highest BCUT2D eigenvalue weighted by Gasteiger charge is 2.68. The first-order valence-corrected chi connectivity index (χ1v) is 12.4. The summed E-state index contributed by atoms with van der Waals surface area (Å²) in [4.78, 5) is 40.8. The molecule has 0 aromatic heterocycles. The van der Waals surface area contributed by atoms with Crippen molar-refractivity contribution in [1.82, 2.24) is 5.32 Å². The van der Waals surface area contributed by atoms with Gasteiger partial charge < -0.3 is 10.2 Å². The van der Waals surface area contributed by atoms with Gasteiger partial charge in [0, 0.05) is 21.1 Å². The van der Waals surface area contributed by atoms with Crippen LogP contribution in [0.4, 0.5) is 5.69 Å². The number of nitrogens with one attached hydrogen (secondary N) is 1. The number of aromatic hydroxyl groups is 1. The van der Waals surface area contributed by atoms with E-state index in [2.05, 4.69) is 21.2 Å². The van der Waals surface area contributed by atoms with E-state index < -0.39 is 41.2 Å². The molecule has 10 heteroatoms. The van der Waals surface area contributed by atoms with E-state index in [1.165, 1.54) is 23.9 Å². The molecule has 0 unspecified atom stereocenters. The van der Waals surface area contributed by atoms with Crippen LogP contribution in [-0.4, -0.2) is 45.5 Å². The molecule has 0 spiro atoms. The number of fused-ring (bicyclic) bond motifs is 1. The normalized spacial score (nSPS) is 27.1. The summed E-state index contributed by atoms with van der Waals surface area (Å²) in [6.07, 6.45) is 1.98. The fraction of sp³-hybridized carbons (Fsp3) is 0.318. The number of carboxylic acid groups (broad SMARTS) is 1. The smallest absolute Gasteiger partial charge is 0.324 e. The summed E-state index contributed by atoms with van der Waals surface area (Å²) in [5, 5.41) is 24.3. The average molecular weight is 540 g/mol. The number of aliphatic carboxylic acids is 1. The van der Waals surface area contributed by atoms with Gasteiger partial charge in [-0.25, -0.2) is 4.90 Å². The standard InChI is InChI=1S/C22H20BrClN2O5S/c1-32-8-7-22(21(30)31)17-16(18(25-22)14-9-11(23)5-6-15(14)27)19(28)26(20(17)29)13-4-2-3-12(24)10-13/h2-6,9-10,16-18,25,27H,7-8H2,1H3,(H,30,31)/t16-,17-,18-,22+/m1/s1. The van der Waals surface area contributed by atoms with Gasteiger partial charge in [-0.15, -0.1) is 0 Å². The maximum Gasteiger partial charge on any atom is 0.324 e. The van der Waals surface area contributed by atoms with Crippen molar-refractivity contribution in [2.45, 2.75) is 18.0 Å². The molecule has 0 saturated carbocycles. The number of halogens is 2. The summed E-state index contributed by atoms with van der Waals surface area (Å²) < 4.78 is 0.657. The van der Waals surface area contributed by atoms with Gasteiger partial charge in [0.25, 0.3) is 0 Å². The Balaban J connectivity index is 1.89. The molecule has 2 heterocycles. The zero-order valence-electron chi connectivity index (χ0n) is 16.9. The molecule has 2 aromatic rings. The van der Waals surface area contributed by atoms with Gasteiger partial charge in [-0.05, 0) is 54.8 Å². The van der Waals surface area contributed by atoms with Gasteiger partial charge in [-0.1, -0.05) is 33.6 Å². The van der Waals surface area contributed by atoms with E-state index in [0.29, 0.717) is 26.5 Å². The third-order valence-electron chi connectivity index (χ3n) is 6.13. The van der Waals surface area contributed by atoms with Crippen LogP contribution in [-0.2, 0) is 14.4 Å². The van der Waals surface area contributed by atoms with E-state index in [-0.39, 0.29) is 12.2 Å². The first-order valence-electron chi connectivity index (χ1n) is 9.83. The average Bonchev–Trinajstić information content (AvgIpc) is 3.23. The van der Waals surface area contributed by atoms with Gasteiger partial charge in [0.15, 0.2) is 0 Å². The Morgan fingerprint density at radius 3 is 2.66 bits per heavy atom. The summed E-state index contributed by atoms with van der Waals surface area (Å²) in [5.41, 5.74) is -1.01. The molecule has 0 aliphatic carbocycles. The van der Waals surface area contributed by atoms with Crippen LogP contribution in [0.1, 0.15) is 18.0 Å². The molecule has 4 atom stereocenters. The maximum atomic E-state index is 13.6. The molecule has 7 nitrogen and oxygen atoms in total. The van der Waals surface area contributed by atoms with Crippen LogP contribution in [0.25, 0.3) is 0 Å². The number of rotatable bonds is 6. The molecule has 3 N–H and O–H groups in total. The number of amides is 2. The Kier molecular flexibility index (Phi) is 6.28. The Labute approximate surface area is 202 Å². The van der Waals surface area contributed by atoms with Crippen LogP contribution in [0.15, 0.2) is 46.9 Å². The zero-order valence-corrected chi connectivity index (χ0v) is 20.1. The number of thioether (sulfide) groups is 1. The van der Waals surface area contributed by atoms with Crippen molar-refractivity contribution in [2.24, 2.45) is 11.8 Å². The molecule has 2 aromatic carbocycles. The predicted molar refractivity (Wildman–Crippen MR) is 126 cm³/mol. The lowest BCUT2D eigenvalue weighted by Crippen LogP contribution is -2.56. The van der Waals surface area contributed by atoms with Gasteiger partial charge in [-0.3, -0.25) is 19.7 Å². The first kappa shape index (κ1) is 23.1. The highest BCUT2D eigenvalue weighted by Crippen LogP contribution is 2.52. The summed E-state index contributed by atoms with van der Waals surface area (Å²) in [7, 11) is 0. The second-order valence-corrected chi connectivity index (χ2v) is 10.2. The van der Waals surface area contributed by atoms with E-state index in [1.54, 1.807) is 30.3 Å². The van der Waals surface area contributed by atoms with Gasteiger partial charge in [0.05, 0.1) is 17.5 Å². The van der Waals surface area contributed by atoms with Crippen molar-refractivity contribution in [3.8, 4) is 5.75 Å². The Hall–Kier alpha value is -2.07. The summed E-state index contributed by atoms with van der Waals surface area (Å²) in [5.74, 6) is -4.06. The third kappa shape index (κ3) is 3.61. The number of imide groups is 1. The molecule has 2 aliphatic rings. The maximum absolute atomic E-state index is 13.6. The number of phenolic OH excluding ortho intramolecular Hbond substituents is 1. The molecule has 168 valence electrons. The van der Waals surface area contributed by atoms with Crippen molar-refractivity contribution in [3.05, 3.63) is 57.5 Å². The fourth-order valence-corrected chi connectivity index (χ4v) is 5.80. The Morgan fingerprint density at radius 1 is 1.25 bits per heavy atom. The molecule has 0 bridgehead atoms. The molecule has 2 saturated heterocycles. The SMILES string of the molecule is CSCC[C@]1(C(=O)O)N[C@H](c2cc(Br)ccc2O)[C@@H]2C(=O)N(c3cccc(Cl)c3)C(=O)[C@@H]21. The van der Waals surface area contributed by atoms with Crippen LogP contribution in [0, 0.1) is 11.8 Å². The summed E-state index contributed by atoms with van der Waals surface area (Å²) >= 11 is 10.9. The van der Waals surface area contributed by atoms with E-state index in [9.17, 15) is 24.6 Å². The summed E-state index contributed by atoms with van der Waals surface area (Å²) in [6, 6.07) is 10.2. The number of anilines is 1. The van der Waals surface area contributed by atoms with Crippen molar-refractivity contribution in [2.75, 3.05) is 16.9 Å². The number of carbonyl (C=O) groups excluding carboxylic acids is 2. The topological polar surface area (TPSA) is 107 Å². The molecule has 2 amide bonds. The van der Waals surface area contributed by atoms with Crippen molar-refractivity contribution >= 4 is 62.8 Å². The number of benzene rings is 2. The van der Waals surface area contributed by atoms with Crippen LogP contribution in [0.2, 0.25) is 5.02 Å². The molecular weight excluding hydrogens is 520 g/mol. The lowest BCUT2D eigenvalue weighted by Gasteiger charge is -2.31. The van der Waals surface area contributed by atoms with Crippen LogP contribution in [0.3, 0.4) is 0 Å². The van der Waals surface area contributed by atoms with Gasteiger partial charge in [0.1, 0.15) is 11.3 Å². The molecular formula is C22H20BrClN2O5S. The fourth-order valence-electron chi connectivity index (χ4n) is 4.71. The minimum Gasteiger partial charge on any atom is -0.508 e. The van der Waals surface area contributed by atoms with Crippen molar-refractivity contribution in [3.63, 3.8) is 0 Å². The van der Waals surface area contributed by atoms with Gasteiger partial charge in [0.2, 0.25) is 11.8 Å². The van der Waals surface area contributed by atoms with Crippen LogP contribution < -0.4 is 10.2 Å². The van der Waals surface area contributed by atoms with Gasteiger partial charge >= 0.3 is 5.97 Å². The predicted octanol–water partition coefficient (Wildman–Crippen LogP) is 3.83.